The Morgan fingerprint density at radius 3 is 2.67 bits per heavy atom. The van der Waals surface area contributed by atoms with Crippen LogP contribution >= 0.6 is 0 Å². The van der Waals surface area contributed by atoms with E-state index < -0.39 is 6.09 Å². The molecule has 2 unspecified atom stereocenters. The molecule has 114 valence electrons. The summed E-state index contributed by atoms with van der Waals surface area (Å²) in [7, 11) is 1.66. The number of rotatable bonds is 2. The maximum absolute atomic E-state index is 12.0. The van der Waals surface area contributed by atoms with Crippen molar-refractivity contribution in [2.45, 2.75) is 12.8 Å². The van der Waals surface area contributed by atoms with Crippen molar-refractivity contribution in [3.63, 3.8) is 0 Å². The first kappa shape index (κ1) is 15.3. The maximum Gasteiger partial charge on any atom is 0.404 e. The van der Waals surface area contributed by atoms with E-state index in [9.17, 15) is 9.59 Å². The fraction of sp³-hybridized carbons (Fsp3) is 0.467. The van der Waals surface area contributed by atoms with E-state index in [2.05, 4.69) is 15.8 Å². The Kier molecular flexibility index (Phi) is 4.80. The van der Waals surface area contributed by atoms with E-state index in [-0.39, 0.29) is 5.92 Å². The van der Waals surface area contributed by atoms with Crippen LogP contribution in [0, 0.1) is 5.92 Å². The lowest BCUT2D eigenvalue weighted by Crippen LogP contribution is -2.15. The highest BCUT2D eigenvalue weighted by Crippen LogP contribution is 2.41. The summed E-state index contributed by atoms with van der Waals surface area (Å²) in [5, 5.41) is 3.27. The van der Waals surface area contributed by atoms with Gasteiger partial charge in [0.2, 0.25) is 0 Å². The number of fused-ring (bicyclic) bond motifs is 3. The molecule has 1 heterocycles. The molecule has 6 nitrogen and oxygen atoms in total. The van der Waals surface area contributed by atoms with Gasteiger partial charge in [0.1, 0.15) is 5.75 Å². The monoisotopic (exact) mass is 292 g/mol. The maximum atomic E-state index is 12.0. The van der Waals surface area contributed by atoms with Gasteiger partial charge in [0.25, 0.3) is 0 Å². The molecule has 1 amide bonds. The van der Waals surface area contributed by atoms with Crippen LogP contribution in [0.4, 0.5) is 4.79 Å². The van der Waals surface area contributed by atoms with Crippen molar-refractivity contribution < 1.29 is 19.1 Å². The second kappa shape index (κ2) is 6.58. The summed E-state index contributed by atoms with van der Waals surface area (Å²) < 4.78 is 9.37. The summed E-state index contributed by atoms with van der Waals surface area (Å²) >= 11 is 0. The van der Waals surface area contributed by atoms with Gasteiger partial charge in [-0.3, -0.25) is 4.79 Å². The van der Waals surface area contributed by atoms with Crippen molar-refractivity contribution in [2.75, 3.05) is 26.8 Å². The molecule has 6 heteroatoms. The second-order valence-corrected chi connectivity index (χ2v) is 4.94. The van der Waals surface area contributed by atoms with E-state index in [0.29, 0.717) is 18.3 Å². The Hall–Kier alpha value is -2.08. The number of primary amides is 1. The SMILES string of the molecule is CCOC(N)=O.COc1ccc2c(c1)C1CNCC1C2=O. The number of amides is 1. The van der Waals surface area contributed by atoms with Gasteiger partial charge in [0.05, 0.1) is 13.7 Å². The first-order valence-electron chi connectivity index (χ1n) is 6.93. The molecule has 0 spiro atoms. The number of carbonyl (C=O) groups excluding carboxylic acids is 2. The molecule has 3 rings (SSSR count). The topological polar surface area (TPSA) is 90.7 Å². The fourth-order valence-corrected chi connectivity index (χ4v) is 2.82. The first-order valence-corrected chi connectivity index (χ1v) is 6.93. The minimum Gasteiger partial charge on any atom is -0.497 e. The number of benzene rings is 1. The highest BCUT2D eigenvalue weighted by molar-refractivity contribution is 6.03. The Morgan fingerprint density at radius 1 is 1.38 bits per heavy atom. The van der Waals surface area contributed by atoms with E-state index in [1.54, 1.807) is 14.0 Å². The average molecular weight is 292 g/mol. The number of ketones is 1. The molecule has 1 aromatic rings. The van der Waals surface area contributed by atoms with Crippen molar-refractivity contribution in [2.24, 2.45) is 11.7 Å². The summed E-state index contributed by atoms with van der Waals surface area (Å²) in [6.07, 6.45) is -0.711. The average Bonchev–Trinajstić information content (AvgIpc) is 3.03. The van der Waals surface area contributed by atoms with Gasteiger partial charge in [0, 0.05) is 30.5 Å². The van der Waals surface area contributed by atoms with Crippen molar-refractivity contribution in [1.82, 2.24) is 5.32 Å². The summed E-state index contributed by atoms with van der Waals surface area (Å²) in [5.41, 5.74) is 6.60. The second-order valence-electron chi connectivity index (χ2n) is 4.94. The van der Waals surface area contributed by atoms with Gasteiger partial charge < -0.3 is 20.5 Å². The number of carbonyl (C=O) groups is 2. The third kappa shape index (κ3) is 3.16. The van der Waals surface area contributed by atoms with E-state index in [4.69, 9.17) is 4.74 Å². The Bertz CT molecular complexity index is 544. The van der Waals surface area contributed by atoms with Crippen LogP contribution in [0.25, 0.3) is 0 Å². The standard InChI is InChI=1S/C12H13NO2.C3H7NO2/c1-15-7-2-3-8-9(4-7)10-5-13-6-11(10)12(8)14;1-2-6-3(4)5/h2-4,10-11,13H,5-6H2,1H3;2H2,1H3,(H2,4,5). The van der Waals surface area contributed by atoms with Gasteiger partial charge in [-0.25, -0.2) is 4.79 Å². The van der Waals surface area contributed by atoms with E-state index in [1.165, 1.54) is 0 Å². The van der Waals surface area contributed by atoms with E-state index >= 15 is 0 Å². The van der Waals surface area contributed by atoms with Crippen LogP contribution in [0.5, 0.6) is 5.75 Å². The van der Waals surface area contributed by atoms with Gasteiger partial charge in [-0.1, -0.05) is 0 Å². The van der Waals surface area contributed by atoms with Gasteiger partial charge in [0.15, 0.2) is 5.78 Å². The smallest absolute Gasteiger partial charge is 0.404 e. The lowest BCUT2D eigenvalue weighted by molar-refractivity contribution is 0.0940. The molecule has 2 aliphatic rings. The number of nitrogens with one attached hydrogen (secondary N) is 1. The zero-order valence-corrected chi connectivity index (χ0v) is 12.2. The normalized spacial score (nSPS) is 21.9. The molecule has 1 aliphatic carbocycles. The van der Waals surface area contributed by atoms with Gasteiger partial charge >= 0.3 is 6.09 Å². The lowest BCUT2D eigenvalue weighted by atomic mass is 9.96. The predicted molar refractivity (Wildman–Crippen MR) is 77.6 cm³/mol. The number of hydrogen-bond donors (Lipinski definition) is 2. The van der Waals surface area contributed by atoms with E-state index in [0.717, 1.165) is 30.0 Å². The van der Waals surface area contributed by atoms with Crippen molar-refractivity contribution in [3.8, 4) is 5.75 Å². The van der Waals surface area contributed by atoms with Gasteiger partial charge in [-0.15, -0.1) is 0 Å². The summed E-state index contributed by atoms with van der Waals surface area (Å²) in [6.45, 7) is 3.79. The number of methoxy groups -OCH3 is 1. The Morgan fingerprint density at radius 2 is 2.10 bits per heavy atom. The van der Waals surface area contributed by atoms with Crippen molar-refractivity contribution in [1.29, 1.82) is 0 Å². The van der Waals surface area contributed by atoms with Crippen LogP contribution in [0.3, 0.4) is 0 Å². The molecule has 1 aliphatic heterocycles. The lowest BCUT2D eigenvalue weighted by Gasteiger charge is -2.08. The first-order chi connectivity index (χ1) is 10.1. The fourth-order valence-electron chi connectivity index (χ4n) is 2.82. The van der Waals surface area contributed by atoms with Crippen LogP contribution in [0.2, 0.25) is 0 Å². The highest BCUT2D eigenvalue weighted by atomic mass is 16.5. The number of hydrogen-bond acceptors (Lipinski definition) is 5. The number of Topliss-reactive ketones (excluding diaryl/α,β-unsaturated/α-hetero) is 1. The largest absolute Gasteiger partial charge is 0.497 e. The quantitative estimate of drug-likeness (QED) is 0.857. The molecule has 1 saturated heterocycles. The van der Waals surface area contributed by atoms with Crippen LogP contribution in [-0.2, 0) is 4.74 Å². The van der Waals surface area contributed by atoms with Crippen molar-refractivity contribution >= 4 is 11.9 Å². The zero-order valence-electron chi connectivity index (χ0n) is 12.2. The zero-order chi connectivity index (χ0) is 15.4. The molecule has 1 fully saturated rings. The molecule has 0 aromatic heterocycles. The highest BCUT2D eigenvalue weighted by Gasteiger charge is 2.42. The summed E-state index contributed by atoms with van der Waals surface area (Å²) in [4.78, 5) is 21.6. The molecular formula is C15H20N2O4. The minimum atomic E-state index is -0.711. The summed E-state index contributed by atoms with van der Waals surface area (Å²) in [6, 6.07) is 5.77. The van der Waals surface area contributed by atoms with Gasteiger partial charge in [-0.2, -0.15) is 0 Å². The molecule has 0 bridgehead atoms. The third-order valence-electron chi connectivity index (χ3n) is 3.76. The molecule has 21 heavy (non-hydrogen) atoms. The summed E-state index contributed by atoms with van der Waals surface area (Å²) in [5.74, 6) is 1.66. The predicted octanol–water partition coefficient (Wildman–Crippen LogP) is 1.30. The minimum absolute atomic E-state index is 0.159. The van der Waals surface area contributed by atoms with Crippen LogP contribution < -0.4 is 15.8 Å². The molecule has 0 radical (unpaired) electrons. The Labute approximate surface area is 123 Å². The number of nitrogens with two attached hydrogens (primary N) is 1. The molecule has 2 atom stereocenters. The van der Waals surface area contributed by atoms with Crippen LogP contribution in [0.15, 0.2) is 18.2 Å². The van der Waals surface area contributed by atoms with Crippen molar-refractivity contribution in [3.05, 3.63) is 29.3 Å². The number of ether oxygens (including phenoxy) is 2. The van der Waals surface area contributed by atoms with Crippen LogP contribution in [0.1, 0.15) is 28.8 Å². The van der Waals surface area contributed by atoms with E-state index in [1.807, 2.05) is 18.2 Å². The molecule has 3 N–H and O–H groups in total. The molecule has 0 saturated carbocycles. The van der Waals surface area contributed by atoms with Crippen LogP contribution in [-0.4, -0.2) is 38.7 Å². The van der Waals surface area contributed by atoms with Gasteiger partial charge in [-0.05, 0) is 30.7 Å². The molecule has 1 aromatic carbocycles. The Balaban J connectivity index is 0.000000232. The third-order valence-corrected chi connectivity index (χ3v) is 3.76. The molecular weight excluding hydrogens is 272 g/mol.